The number of nitrogens with zero attached hydrogens (tertiary/aromatic N) is 1. The SMILES string of the molecule is CC(=O)c1cccc(N2C(=O)NCC2C(=O)O)c1. The van der Waals surface area contributed by atoms with Crippen LogP contribution in [0.25, 0.3) is 0 Å². The van der Waals surface area contributed by atoms with Crippen LogP contribution in [0.5, 0.6) is 0 Å². The van der Waals surface area contributed by atoms with Gasteiger partial charge >= 0.3 is 12.0 Å². The lowest BCUT2D eigenvalue weighted by atomic mass is 10.1. The van der Waals surface area contributed by atoms with Crippen molar-refractivity contribution in [2.24, 2.45) is 0 Å². The molecular weight excluding hydrogens is 236 g/mol. The van der Waals surface area contributed by atoms with E-state index in [1.165, 1.54) is 13.0 Å². The van der Waals surface area contributed by atoms with Gasteiger partial charge in [0, 0.05) is 11.3 Å². The Morgan fingerprint density at radius 1 is 1.44 bits per heavy atom. The maximum absolute atomic E-state index is 11.6. The molecule has 1 heterocycles. The average Bonchev–Trinajstić information content (AvgIpc) is 2.71. The number of carboxylic acid groups (broad SMARTS) is 1. The fourth-order valence-corrected chi connectivity index (χ4v) is 1.87. The largest absolute Gasteiger partial charge is 0.480 e. The van der Waals surface area contributed by atoms with Crippen LogP contribution in [0.2, 0.25) is 0 Å². The van der Waals surface area contributed by atoms with Crippen molar-refractivity contribution in [3.63, 3.8) is 0 Å². The number of carbonyl (C=O) groups is 3. The fraction of sp³-hybridized carbons (Fsp3) is 0.250. The zero-order chi connectivity index (χ0) is 13.3. The van der Waals surface area contributed by atoms with E-state index >= 15 is 0 Å². The number of hydrogen-bond donors (Lipinski definition) is 2. The predicted molar refractivity (Wildman–Crippen MR) is 63.7 cm³/mol. The first-order valence-electron chi connectivity index (χ1n) is 5.41. The van der Waals surface area contributed by atoms with E-state index in [1.807, 2.05) is 0 Å². The Kier molecular flexibility index (Phi) is 3.01. The molecule has 6 nitrogen and oxygen atoms in total. The number of carbonyl (C=O) groups excluding carboxylic acids is 2. The number of benzene rings is 1. The summed E-state index contributed by atoms with van der Waals surface area (Å²) >= 11 is 0. The molecule has 1 unspecified atom stereocenters. The molecule has 18 heavy (non-hydrogen) atoms. The molecule has 1 saturated heterocycles. The summed E-state index contributed by atoms with van der Waals surface area (Å²) in [6, 6.07) is 4.95. The molecule has 1 aliphatic rings. The second-order valence-corrected chi connectivity index (χ2v) is 4.02. The highest BCUT2D eigenvalue weighted by atomic mass is 16.4. The van der Waals surface area contributed by atoms with Crippen LogP contribution in [0, 0.1) is 0 Å². The number of Topliss-reactive ketones (excluding diaryl/α,β-unsaturated/α-hetero) is 1. The minimum Gasteiger partial charge on any atom is -0.480 e. The molecule has 0 aromatic heterocycles. The molecule has 1 atom stereocenters. The third-order valence-corrected chi connectivity index (χ3v) is 2.79. The Morgan fingerprint density at radius 3 is 2.78 bits per heavy atom. The summed E-state index contributed by atoms with van der Waals surface area (Å²) < 4.78 is 0. The van der Waals surface area contributed by atoms with Crippen LogP contribution in [0.4, 0.5) is 10.5 Å². The Labute approximate surface area is 103 Å². The summed E-state index contributed by atoms with van der Waals surface area (Å²) in [4.78, 5) is 35.1. The molecule has 94 valence electrons. The van der Waals surface area contributed by atoms with Gasteiger partial charge in [-0.1, -0.05) is 12.1 Å². The van der Waals surface area contributed by atoms with Crippen molar-refractivity contribution in [1.29, 1.82) is 0 Å². The van der Waals surface area contributed by atoms with E-state index in [2.05, 4.69) is 5.32 Å². The summed E-state index contributed by atoms with van der Waals surface area (Å²) in [5, 5.41) is 11.5. The highest BCUT2D eigenvalue weighted by Gasteiger charge is 2.37. The molecule has 0 bridgehead atoms. The van der Waals surface area contributed by atoms with Gasteiger partial charge in [-0.3, -0.25) is 9.69 Å². The van der Waals surface area contributed by atoms with Crippen LogP contribution >= 0.6 is 0 Å². The number of carboxylic acids is 1. The van der Waals surface area contributed by atoms with Crippen molar-refractivity contribution in [2.75, 3.05) is 11.4 Å². The van der Waals surface area contributed by atoms with Crippen molar-refractivity contribution >= 4 is 23.5 Å². The monoisotopic (exact) mass is 248 g/mol. The van der Waals surface area contributed by atoms with Gasteiger partial charge in [-0.25, -0.2) is 9.59 Å². The van der Waals surface area contributed by atoms with Gasteiger partial charge < -0.3 is 10.4 Å². The van der Waals surface area contributed by atoms with Crippen LogP contribution in [0.3, 0.4) is 0 Å². The summed E-state index contributed by atoms with van der Waals surface area (Å²) in [6.07, 6.45) is 0. The van der Waals surface area contributed by atoms with Crippen molar-refractivity contribution in [3.05, 3.63) is 29.8 Å². The number of ketones is 1. The van der Waals surface area contributed by atoms with E-state index in [9.17, 15) is 14.4 Å². The topological polar surface area (TPSA) is 86.7 Å². The smallest absolute Gasteiger partial charge is 0.328 e. The molecular formula is C12H12N2O4. The van der Waals surface area contributed by atoms with Crippen LogP contribution in [-0.2, 0) is 4.79 Å². The third-order valence-electron chi connectivity index (χ3n) is 2.79. The predicted octanol–water partition coefficient (Wildman–Crippen LogP) is 0.872. The summed E-state index contributed by atoms with van der Waals surface area (Å²) in [6.45, 7) is 1.47. The molecule has 0 aliphatic carbocycles. The maximum Gasteiger partial charge on any atom is 0.328 e. The first kappa shape index (κ1) is 12.1. The molecule has 0 spiro atoms. The first-order chi connectivity index (χ1) is 8.50. The highest BCUT2D eigenvalue weighted by Crippen LogP contribution is 2.22. The van der Waals surface area contributed by atoms with Gasteiger partial charge in [-0.2, -0.15) is 0 Å². The van der Waals surface area contributed by atoms with Gasteiger partial charge in [-0.15, -0.1) is 0 Å². The first-order valence-corrected chi connectivity index (χ1v) is 5.41. The number of urea groups is 1. The zero-order valence-electron chi connectivity index (χ0n) is 9.71. The van der Waals surface area contributed by atoms with Gasteiger partial charge in [0.05, 0.1) is 6.54 Å². The molecule has 2 amide bonds. The van der Waals surface area contributed by atoms with E-state index in [0.717, 1.165) is 4.90 Å². The number of nitrogens with one attached hydrogen (secondary N) is 1. The number of amides is 2. The lowest BCUT2D eigenvalue weighted by molar-refractivity contribution is -0.137. The lowest BCUT2D eigenvalue weighted by Crippen LogP contribution is -2.39. The lowest BCUT2D eigenvalue weighted by Gasteiger charge is -2.20. The molecule has 2 N–H and O–H groups in total. The van der Waals surface area contributed by atoms with Crippen molar-refractivity contribution in [3.8, 4) is 0 Å². The number of rotatable bonds is 3. The van der Waals surface area contributed by atoms with E-state index in [1.54, 1.807) is 18.2 Å². The third kappa shape index (κ3) is 2.04. The van der Waals surface area contributed by atoms with Crippen LogP contribution in [-0.4, -0.2) is 35.5 Å². The second-order valence-electron chi connectivity index (χ2n) is 4.02. The highest BCUT2D eigenvalue weighted by molar-refractivity contribution is 6.02. The molecule has 2 rings (SSSR count). The Balaban J connectivity index is 2.40. The fourth-order valence-electron chi connectivity index (χ4n) is 1.87. The van der Waals surface area contributed by atoms with Crippen LogP contribution < -0.4 is 10.2 Å². The Hall–Kier alpha value is -2.37. The molecule has 1 aliphatic heterocycles. The molecule has 0 saturated carbocycles. The van der Waals surface area contributed by atoms with E-state index in [0.29, 0.717) is 11.3 Å². The Bertz CT molecular complexity index is 527. The summed E-state index contributed by atoms with van der Waals surface area (Å²) in [5.74, 6) is -1.22. The van der Waals surface area contributed by atoms with Crippen molar-refractivity contribution < 1.29 is 19.5 Å². The molecule has 1 aromatic carbocycles. The van der Waals surface area contributed by atoms with Crippen LogP contribution in [0.15, 0.2) is 24.3 Å². The molecule has 0 radical (unpaired) electrons. The number of hydrogen-bond acceptors (Lipinski definition) is 3. The maximum atomic E-state index is 11.6. The van der Waals surface area contributed by atoms with Crippen molar-refractivity contribution in [2.45, 2.75) is 13.0 Å². The van der Waals surface area contributed by atoms with Crippen LogP contribution in [0.1, 0.15) is 17.3 Å². The standard InChI is InChI=1S/C12H12N2O4/c1-7(15)8-3-2-4-9(5-8)14-10(11(16)17)6-13-12(14)18/h2-5,10H,6H2,1H3,(H,13,18)(H,16,17). The molecule has 1 fully saturated rings. The normalized spacial score (nSPS) is 18.6. The van der Waals surface area contributed by atoms with Gasteiger partial charge in [0.1, 0.15) is 0 Å². The number of anilines is 1. The summed E-state index contributed by atoms with van der Waals surface area (Å²) in [7, 11) is 0. The van der Waals surface area contributed by atoms with Crippen molar-refractivity contribution in [1.82, 2.24) is 5.32 Å². The number of aliphatic carboxylic acids is 1. The second kappa shape index (κ2) is 4.48. The summed E-state index contributed by atoms with van der Waals surface area (Å²) in [5.41, 5.74) is 0.849. The quantitative estimate of drug-likeness (QED) is 0.777. The molecule has 6 heteroatoms. The average molecular weight is 248 g/mol. The minimum atomic E-state index is -1.08. The van der Waals surface area contributed by atoms with Gasteiger partial charge in [0.25, 0.3) is 0 Å². The van der Waals surface area contributed by atoms with E-state index in [-0.39, 0.29) is 12.3 Å². The van der Waals surface area contributed by atoms with E-state index in [4.69, 9.17) is 5.11 Å². The van der Waals surface area contributed by atoms with Gasteiger partial charge in [0.2, 0.25) is 0 Å². The molecule has 1 aromatic rings. The van der Waals surface area contributed by atoms with Gasteiger partial charge in [-0.05, 0) is 19.1 Å². The van der Waals surface area contributed by atoms with Gasteiger partial charge in [0.15, 0.2) is 11.8 Å². The van der Waals surface area contributed by atoms with E-state index < -0.39 is 18.0 Å². The Morgan fingerprint density at radius 2 is 2.17 bits per heavy atom. The minimum absolute atomic E-state index is 0.0540. The zero-order valence-corrected chi connectivity index (χ0v) is 9.71.